The summed E-state index contributed by atoms with van der Waals surface area (Å²) >= 11 is 81.4. The quantitative estimate of drug-likeness (QED) is 0.102. The summed E-state index contributed by atoms with van der Waals surface area (Å²) in [6, 6.07) is 90.0. The first-order chi connectivity index (χ1) is 72.9. The van der Waals surface area contributed by atoms with Crippen molar-refractivity contribution < 1.29 is 82.7 Å². The second-order valence-corrected chi connectivity index (χ2v) is 42.1. The molecule has 24 bridgehead atoms. The van der Waals surface area contributed by atoms with Crippen molar-refractivity contribution in [3.05, 3.63) is 426 Å². The van der Waals surface area contributed by atoms with E-state index in [9.17, 15) is 0 Å². The number of hydrogen-bond acceptors (Lipinski definition) is 18. The second-order valence-electron chi connectivity index (χ2n) is 37.2. The number of pyridine rings is 6. The Labute approximate surface area is 912 Å². The van der Waals surface area contributed by atoms with Crippen LogP contribution in [0.2, 0.25) is 60.3 Å². The molecular formula is C108H60B6Cl12N12O12. The number of hydrogen-bond donors (Lipinski definition) is 0. The van der Waals surface area contributed by atoms with Gasteiger partial charge in [0.25, 0.3) is 0 Å². The number of benzene rings is 13. The third kappa shape index (κ3) is 14.8. The summed E-state index contributed by atoms with van der Waals surface area (Å²) in [4.78, 5) is 31.8. The Kier molecular flexibility index (Phi) is 21.4. The predicted molar refractivity (Wildman–Crippen MR) is 583 cm³/mol. The molecule has 44 heterocycles. The molecule has 42 heteroatoms. The van der Waals surface area contributed by atoms with Crippen molar-refractivity contribution in [3.8, 4) is 137 Å². The summed E-state index contributed by atoms with van der Waals surface area (Å²) in [5, 5.41) is 10.9. The average molecular weight is 2210 g/mol. The zero-order valence-electron chi connectivity index (χ0n) is 76.9. The van der Waals surface area contributed by atoms with E-state index in [1.165, 1.54) is 32.3 Å². The molecule has 36 aliphatic rings. The van der Waals surface area contributed by atoms with Gasteiger partial charge in [-0.05, 0) is 138 Å². The lowest BCUT2D eigenvalue weighted by molar-refractivity contribution is -0.566. The van der Waals surface area contributed by atoms with Crippen LogP contribution in [-0.2, 0) is 0 Å². The molecule has 36 aliphatic heterocycles. The maximum atomic E-state index is 7.11. The average Bonchev–Trinajstić information content (AvgIpc) is 1.57. The number of rotatable bonds is 0. The Hall–Kier alpha value is -15.0. The van der Waals surface area contributed by atoms with E-state index >= 15 is 0 Å². The third-order valence-corrected chi connectivity index (χ3v) is 33.0. The molecule has 0 amide bonds. The second kappa shape index (κ2) is 34.8. The van der Waals surface area contributed by atoms with Crippen molar-refractivity contribution >= 4 is 244 Å². The van der Waals surface area contributed by atoms with Gasteiger partial charge in [0.2, 0.25) is 0 Å². The van der Waals surface area contributed by atoms with Gasteiger partial charge >= 0.3 is 40.1 Å². The molecule has 0 atom stereocenters. The summed E-state index contributed by atoms with van der Waals surface area (Å²) in [6.45, 7) is -16.8. The van der Waals surface area contributed by atoms with Crippen LogP contribution in [-0.4, -0.2) is 70.0 Å². The van der Waals surface area contributed by atoms with Crippen molar-refractivity contribution in [2.45, 2.75) is 0 Å². The molecule has 8 aromatic heterocycles. The highest BCUT2D eigenvalue weighted by Crippen LogP contribution is 2.51. The number of fused-ring (bicyclic) bond motifs is 12. The van der Waals surface area contributed by atoms with Crippen molar-refractivity contribution in [1.82, 2.24) is 29.9 Å². The molecule has 13 aromatic carbocycles. The minimum Gasteiger partial charge on any atom is -0.616 e. The number of halogens is 12. The van der Waals surface area contributed by atoms with Crippen molar-refractivity contribution in [1.29, 1.82) is 0 Å². The molecule has 57 rings (SSSR count). The first-order valence-electron chi connectivity index (χ1n) is 47.2. The van der Waals surface area contributed by atoms with Gasteiger partial charge in [-0.3, -0.25) is 0 Å². The Morgan fingerprint density at radius 2 is 0.253 bits per heavy atom. The molecule has 0 unspecified atom stereocenters. The van der Waals surface area contributed by atoms with E-state index in [0.717, 1.165) is 0 Å². The van der Waals surface area contributed by atoms with Gasteiger partial charge in [0.15, 0.2) is 34.9 Å². The Balaban J connectivity index is 0.000000539. The van der Waals surface area contributed by atoms with Crippen LogP contribution in [0.4, 0.5) is 0 Å². The van der Waals surface area contributed by atoms with Crippen LogP contribution < -0.4 is 115 Å². The molecule has 0 saturated heterocycles. The van der Waals surface area contributed by atoms with E-state index in [0.29, 0.717) is 135 Å². The summed E-state index contributed by atoms with van der Waals surface area (Å²) in [6.07, 6.45) is 21.8. The predicted octanol–water partition coefficient (Wildman–Crippen LogP) is 20.4. The first-order valence-corrected chi connectivity index (χ1v) is 51.7. The first kappa shape index (κ1) is 92.4. The van der Waals surface area contributed by atoms with Gasteiger partial charge in [0.1, 0.15) is 143 Å². The lowest BCUT2D eigenvalue weighted by atomic mass is 9.59. The lowest BCUT2D eigenvalue weighted by Crippen LogP contribution is -2.79. The summed E-state index contributed by atoms with van der Waals surface area (Å²) < 4.78 is 96.2. The smallest absolute Gasteiger partial charge is 0.616 e. The third-order valence-electron chi connectivity index (χ3n) is 28.6. The maximum Gasteiger partial charge on any atom is 0.684 e. The van der Waals surface area contributed by atoms with Crippen molar-refractivity contribution in [2.24, 2.45) is 0 Å². The van der Waals surface area contributed by atoms with Gasteiger partial charge < -0.3 is 82.7 Å². The minimum atomic E-state index is -2.80. The zero-order chi connectivity index (χ0) is 101. The standard InChI is InChI=1S/C90H48B6Cl12N12O12.C18H12/c97-61-37-73-74(38-62(61)98)122-91(121-73)55-1-2-56(4-3-55)92(123-75-39-63(99)64(100)40-76(75)124-92)116-27-15-50(16-28-116)86-111-89-53-21-33-119(34-22-53)95(129-81-45-69(105)70(106)46-82(81)130-95)59-9-5-57(6-10-59)93(125-77-41-65(101)66(102)42-78(77)126-93)117-29-17-51(18-30-117)87-109-85(49-13-25-115(91)26-14-49)110-88(113-87)52-19-31-118(32-20-52)94(127-79-43-67(103)68(104)44-80(79)128-94)58-7-11-60(12-8-58)96(120-35-23-54(24-36-120)90(112-86)114-89)131-83-47-71(107)72(108)48-84(83)132-96;1-2-8-14-13(7-1)15-9-3-4-11-17(15)18-12-6-5-10-16(14)18/h1-48H;1-12H. The highest BCUT2D eigenvalue weighted by molar-refractivity contribution is 6.80. The van der Waals surface area contributed by atoms with Crippen LogP contribution in [0.5, 0.6) is 69.0 Å². The van der Waals surface area contributed by atoms with Crippen LogP contribution in [0.25, 0.3) is 101 Å². The Morgan fingerprint density at radius 3 is 0.360 bits per heavy atom. The Morgan fingerprint density at radius 1 is 0.147 bits per heavy atom. The molecule has 0 N–H and O–H groups in total. The molecule has 0 aliphatic carbocycles. The molecule has 150 heavy (non-hydrogen) atoms. The molecule has 0 saturated carbocycles. The molecule has 0 radical (unpaired) electrons. The minimum absolute atomic E-state index is 0.241. The topological polar surface area (TPSA) is 211 Å². The Bertz CT molecular complexity index is 7760. The van der Waals surface area contributed by atoms with Gasteiger partial charge in [0, 0.05) is 106 Å². The molecule has 0 fully saturated rings. The van der Waals surface area contributed by atoms with E-state index in [2.05, 4.69) is 72.8 Å². The molecule has 726 valence electrons. The molecule has 6 spiro atoms. The fraction of sp³-hybridized carbons (Fsp3) is 0. The summed E-state index contributed by atoms with van der Waals surface area (Å²) in [5.41, 5.74) is 6.56. The summed E-state index contributed by atoms with van der Waals surface area (Å²) in [5.74, 6) is 5.42. The van der Waals surface area contributed by atoms with E-state index in [1.807, 2.05) is 247 Å². The van der Waals surface area contributed by atoms with Crippen molar-refractivity contribution in [3.63, 3.8) is 0 Å². The van der Waals surface area contributed by atoms with Gasteiger partial charge in [0.05, 0.1) is 60.3 Å². The van der Waals surface area contributed by atoms with Crippen LogP contribution in [0.15, 0.2) is 366 Å². The van der Waals surface area contributed by atoms with Crippen molar-refractivity contribution in [2.75, 3.05) is 0 Å². The van der Waals surface area contributed by atoms with E-state index in [-0.39, 0.29) is 95.2 Å². The van der Waals surface area contributed by atoms with Gasteiger partial charge in [-0.25, -0.2) is 29.9 Å². The maximum absolute atomic E-state index is 7.11. The van der Waals surface area contributed by atoms with Crippen LogP contribution in [0.1, 0.15) is 0 Å². The van der Waals surface area contributed by atoms with Gasteiger partial charge in [-0.15, -0.1) is 0 Å². The van der Waals surface area contributed by atoms with Gasteiger partial charge in [-0.1, -0.05) is 285 Å². The van der Waals surface area contributed by atoms with E-state index in [1.54, 1.807) is 72.8 Å². The van der Waals surface area contributed by atoms with Crippen LogP contribution >= 0.6 is 139 Å². The monoisotopic (exact) mass is 2200 g/mol. The normalized spacial score (nSPS) is 15.4. The van der Waals surface area contributed by atoms with Gasteiger partial charge in [-0.2, -0.15) is 0 Å². The highest BCUT2D eigenvalue weighted by atomic mass is 35.5. The van der Waals surface area contributed by atoms with E-state index < -0.39 is 40.1 Å². The fourth-order valence-corrected chi connectivity index (χ4v) is 23.0. The molecule has 21 aromatic rings. The molecular weight excluding hydrogens is 2150 g/mol. The number of aromatic nitrogens is 12. The fourth-order valence-electron chi connectivity index (χ4n) is 21.2. The number of nitrogens with zero attached hydrogens (tertiary/aromatic N) is 12. The zero-order valence-corrected chi connectivity index (χ0v) is 86.0. The largest absolute Gasteiger partial charge is 0.684 e. The van der Waals surface area contributed by atoms with E-state index in [4.69, 9.17) is 225 Å². The SMILES string of the molecule is Clc1cc2c(cc1Cl)O[B-]1(O2)c2ccc(cc2)[B-]2(Oc3cc(Cl)c(Cl)cc3O2)[n+]2ccc(cc2)-c2nc3nc(n2)-c2cc[n+](cc2)[B-]2(Oc4cc(Cl)c(Cl)cc4O2)c2ccc(cc2)[B-]2(Oc4cc(Cl)c(Cl)cc4O2)[n+]2ccc(cc2)-c2nc(nc(n2)-c2cc[n+](cc2)[B-]2(Oc4cc(Cl)c(Cl)cc4O2)c2ccc(cc2)[B-]2(Oc4cc(Cl)c(Cl)cc4O2)[n+]2ccc-3cc2)-c2cc[n+]1cc2.c1ccc2c(c1)c1ccccc1c1ccccc21. The lowest BCUT2D eigenvalue weighted by Gasteiger charge is -2.31. The summed E-state index contributed by atoms with van der Waals surface area (Å²) in [7, 11) is 0. The highest BCUT2D eigenvalue weighted by Gasteiger charge is 2.61. The molecule has 24 nitrogen and oxygen atoms in total. The van der Waals surface area contributed by atoms with Crippen LogP contribution in [0, 0.1) is 0 Å². The van der Waals surface area contributed by atoms with Crippen LogP contribution in [0.3, 0.4) is 0 Å².